The summed E-state index contributed by atoms with van der Waals surface area (Å²) in [5.74, 6) is 0.615. The average molecular weight is 400 g/mol. The molecular weight excluding hydrogens is 382 g/mol. The highest BCUT2D eigenvalue weighted by molar-refractivity contribution is 8.01. The maximum Gasteiger partial charge on any atom is 0.233 e. The first-order chi connectivity index (χ1) is 11.6. The molecule has 0 unspecified atom stereocenters. The van der Waals surface area contributed by atoms with Crippen LogP contribution >= 0.6 is 46.9 Å². The van der Waals surface area contributed by atoms with Crippen molar-refractivity contribution in [2.75, 3.05) is 18.8 Å². The summed E-state index contributed by atoms with van der Waals surface area (Å²) in [5.41, 5.74) is 0.881. The van der Waals surface area contributed by atoms with Crippen molar-refractivity contribution in [1.82, 2.24) is 14.7 Å². The monoisotopic (exact) mass is 399 g/mol. The van der Waals surface area contributed by atoms with Crippen LogP contribution in [0.2, 0.25) is 5.02 Å². The van der Waals surface area contributed by atoms with E-state index in [1.807, 2.05) is 29.2 Å². The Hall–Kier alpha value is -0.890. The van der Waals surface area contributed by atoms with Crippen LogP contribution in [0.4, 0.5) is 0 Å². The normalized spacial score (nSPS) is 15.3. The molecule has 1 amide bonds. The van der Waals surface area contributed by atoms with Crippen molar-refractivity contribution in [3.63, 3.8) is 0 Å². The quantitative estimate of drug-likeness (QED) is 0.546. The predicted molar refractivity (Wildman–Crippen MR) is 103 cm³/mol. The molecule has 0 N–H and O–H groups in total. The number of aromatic nitrogens is 2. The minimum Gasteiger partial charge on any atom is -0.342 e. The van der Waals surface area contributed by atoms with Gasteiger partial charge in [-0.1, -0.05) is 47.5 Å². The van der Waals surface area contributed by atoms with Crippen LogP contribution in [0.5, 0.6) is 0 Å². The molecule has 1 aliphatic heterocycles. The lowest BCUT2D eigenvalue weighted by molar-refractivity contribution is -0.128. The Morgan fingerprint density at radius 1 is 1.21 bits per heavy atom. The van der Waals surface area contributed by atoms with Crippen LogP contribution in [0.25, 0.3) is 5.69 Å². The van der Waals surface area contributed by atoms with Gasteiger partial charge in [-0.15, -0.1) is 5.10 Å². The molecule has 2 heterocycles. The minimum absolute atomic E-state index is 0.195. The first-order valence-corrected chi connectivity index (χ1v) is 10.5. The Balaban J connectivity index is 1.64. The summed E-state index contributed by atoms with van der Waals surface area (Å²) < 4.78 is 3.20. The van der Waals surface area contributed by atoms with Gasteiger partial charge >= 0.3 is 0 Å². The maximum absolute atomic E-state index is 12.4. The number of benzene rings is 1. The van der Waals surface area contributed by atoms with Gasteiger partial charge in [-0.3, -0.25) is 4.79 Å². The van der Waals surface area contributed by atoms with Crippen LogP contribution in [0.3, 0.4) is 0 Å². The third-order valence-corrected chi connectivity index (χ3v) is 6.48. The third kappa shape index (κ3) is 4.59. The smallest absolute Gasteiger partial charge is 0.233 e. The molecule has 0 saturated carbocycles. The van der Waals surface area contributed by atoms with Gasteiger partial charge in [0.05, 0.1) is 11.4 Å². The molecular formula is C16H18ClN3OS3. The van der Waals surface area contributed by atoms with Gasteiger partial charge in [0, 0.05) is 18.1 Å². The molecule has 2 aromatic rings. The van der Waals surface area contributed by atoms with Crippen LogP contribution in [0.1, 0.15) is 25.7 Å². The first-order valence-electron chi connectivity index (χ1n) is 7.90. The van der Waals surface area contributed by atoms with E-state index in [4.69, 9.17) is 23.8 Å². The van der Waals surface area contributed by atoms with Crippen LogP contribution in [-0.2, 0) is 4.79 Å². The van der Waals surface area contributed by atoms with E-state index in [1.54, 1.807) is 4.68 Å². The topological polar surface area (TPSA) is 38.1 Å². The standard InChI is InChI=1S/C16H18ClN3OS3/c17-12-5-7-13(8-6-12)20-16(22)24-15(18-20)23-11-14(21)19-9-3-1-2-4-10-19/h5-8H,1-4,9-11H2. The number of carbonyl (C=O) groups excluding carboxylic acids is 1. The van der Waals surface area contributed by atoms with E-state index in [-0.39, 0.29) is 5.91 Å². The summed E-state index contributed by atoms with van der Waals surface area (Å²) in [6.07, 6.45) is 4.68. The molecule has 1 aliphatic rings. The van der Waals surface area contributed by atoms with Crippen LogP contribution in [-0.4, -0.2) is 39.4 Å². The van der Waals surface area contributed by atoms with Gasteiger partial charge < -0.3 is 4.90 Å². The molecule has 0 spiro atoms. The summed E-state index contributed by atoms with van der Waals surface area (Å²) >= 11 is 14.2. The second kappa shape index (κ2) is 8.47. The molecule has 0 aliphatic carbocycles. The molecule has 0 bridgehead atoms. The zero-order chi connectivity index (χ0) is 16.9. The first kappa shape index (κ1) is 17.9. The third-order valence-electron chi connectivity index (χ3n) is 3.88. The molecule has 1 saturated heterocycles. The number of halogens is 1. The number of thioether (sulfide) groups is 1. The molecule has 3 rings (SSSR count). The Kier molecular flexibility index (Phi) is 6.32. The van der Waals surface area contributed by atoms with E-state index in [0.29, 0.717) is 14.7 Å². The van der Waals surface area contributed by atoms with Crippen molar-refractivity contribution in [2.24, 2.45) is 0 Å². The molecule has 24 heavy (non-hydrogen) atoms. The lowest BCUT2D eigenvalue weighted by Crippen LogP contribution is -2.33. The van der Waals surface area contributed by atoms with Gasteiger partial charge in [-0.2, -0.15) is 0 Å². The largest absolute Gasteiger partial charge is 0.342 e. The Morgan fingerprint density at radius 3 is 2.54 bits per heavy atom. The van der Waals surface area contributed by atoms with E-state index in [0.717, 1.165) is 36.0 Å². The van der Waals surface area contributed by atoms with Gasteiger partial charge in [0.25, 0.3) is 0 Å². The molecule has 1 aromatic carbocycles. The van der Waals surface area contributed by atoms with Crippen LogP contribution < -0.4 is 0 Å². The van der Waals surface area contributed by atoms with E-state index in [2.05, 4.69) is 5.10 Å². The Morgan fingerprint density at radius 2 is 1.88 bits per heavy atom. The number of hydrogen-bond donors (Lipinski definition) is 0. The van der Waals surface area contributed by atoms with Crippen molar-refractivity contribution < 1.29 is 4.79 Å². The van der Waals surface area contributed by atoms with Crippen LogP contribution in [0, 0.1) is 3.95 Å². The van der Waals surface area contributed by atoms with Gasteiger partial charge in [0.1, 0.15) is 0 Å². The molecule has 1 aromatic heterocycles. The van der Waals surface area contributed by atoms with E-state index < -0.39 is 0 Å². The van der Waals surface area contributed by atoms with E-state index in [1.165, 1.54) is 35.9 Å². The highest BCUT2D eigenvalue weighted by atomic mass is 35.5. The maximum atomic E-state index is 12.4. The van der Waals surface area contributed by atoms with Gasteiger partial charge in [0.2, 0.25) is 5.91 Å². The minimum atomic E-state index is 0.195. The van der Waals surface area contributed by atoms with E-state index in [9.17, 15) is 4.79 Å². The van der Waals surface area contributed by atoms with Crippen LogP contribution in [0.15, 0.2) is 28.6 Å². The lowest BCUT2D eigenvalue weighted by atomic mass is 10.2. The van der Waals surface area contributed by atoms with Crippen molar-refractivity contribution in [2.45, 2.75) is 30.0 Å². The van der Waals surface area contributed by atoms with E-state index >= 15 is 0 Å². The highest BCUT2D eigenvalue weighted by Crippen LogP contribution is 2.25. The second-order valence-corrected chi connectivity index (χ2v) is 8.89. The highest BCUT2D eigenvalue weighted by Gasteiger charge is 2.16. The van der Waals surface area contributed by atoms with Crippen molar-refractivity contribution in [3.8, 4) is 5.69 Å². The Bertz CT molecular complexity index is 749. The van der Waals surface area contributed by atoms with Crippen molar-refractivity contribution in [1.29, 1.82) is 0 Å². The number of rotatable bonds is 4. The fourth-order valence-corrected chi connectivity index (χ4v) is 4.99. The Labute approximate surface area is 159 Å². The molecule has 0 radical (unpaired) electrons. The second-order valence-electron chi connectivity index (χ2n) is 5.61. The van der Waals surface area contributed by atoms with Crippen molar-refractivity contribution >= 4 is 52.8 Å². The lowest BCUT2D eigenvalue weighted by Gasteiger charge is -2.19. The summed E-state index contributed by atoms with van der Waals surface area (Å²) in [5, 5.41) is 5.20. The number of likely N-dealkylation sites (tertiary alicyclic amines) is 1. The molecule has 1 fully saturated rings. The van der Waals surface area contributed by atoms with Gasteiger partial charge in [-0.05, 0) is 49.3 Å². The number of hydrogen-bond acceptors (Lipinski definition) is 5. The predicted octanol–water partition coefficient (Wildman–Crippen LogP) is 4.81. The fraction of sp³-hybridized carbons (Fsp3) is 0.438. The zero-order valence-electron chi connectivity index (χ0n) is 13.1. The SMILES string of the molecule is O=C(CSc1nn(-c2ccc(Cl)cc2)c(=S)s1)N1CCCCCC1. The van der Waals surface area contributed by atoms with Crippen molar-refractivity contribution in [3.05, 3.63) is 33.2 Å². The van der Waals surface area contributed by atoms with Gasteiger partial charge in [0.15, 0.2) is 8.29 Å². The molecule has 0 atom stereocenters. The summed E-state index contributed by atoms with van der Waals surface area (Å²) in [7, 11) is 0. The summed E-state index contributed by atoms with van der Waals surface area (Å²) in [4.78, 5) is 14.3. The zero-order valence-corrected chi connectivity index (χ0v) is 16.3. The summed E-state index contributed by atoms with van der Waals surface area (Å²) in [6.45, 7) is 1.77. The molecule has 128 valence electrons. The fourth-order valence-electron chi connectivity index (χ4n) is 2.60. The molecule has 8 heteroatoms. The number of carbonyl (C=O) groups is 1. The number of amides is 1. The number of nitrogens with zero attached hydrogens (tertiary/aromatic N) is 3. The average Bonchev–Trinajstić information content (AvgIpc) is 2.78. The summed E-state index contributed by atoms with van der Waals surface area (Å²) in [6, 6.07) is 7.39. The molecule has 4 nitrogen and oxygen atoms in total. The van der Waals surface area contributed by atoms with Gasteiger partial charge in [-0.25, -0.2) is 4.68 Å².